The van der Waals surface area contributed by atoms with E-state index in [9.17, 15) is 4.39 Å². The molecule has 0 fully saturated rings. The third-order valence-electron chi connectivity index (χ3n) is 2.93. The smallest absolute Gasteiger partial charge is 0.191 e. The zero-order chi connectivity index (χ0) is 15.0. The molecule has 0 spiro atoms. The molecule has 0 radical (unpaired) electrons. The van der Waals surface area contributed by atoms with Gasteiger partial charge in [-0.25, -0.2) is 9.38 Å². The van der Waals surface area contributed by atoms with Crippen molar-refractivity contribution in [3.05, 3.63) is 35.1 Å². The Morgan fingerprint density at radius 2 is 2.20 bits per heavy atom. The zero-order valence-corrected chi connectivity index (χ0v) is 12.2. The van der Waals surface area contributed by atoms with E-state index in [1.165, 1.54) is 6.07 Å². The predicted octanol–water partition coefficient (Wildman–Crippen LogP) is 2.55. The van der Waals surface area contributed by atoms with E-state index in [4.69, 9.17) is 5.26 Å². The van der Waals surface area contributed by atoms with E-state index in [-0.39, 0.29) is 6.54 Å². The molecule has 0 bridgehead atoms. The summed E-state index contributed by atoms with van der Waals surface area (Å²) in [7, 11) is 0. The Morgan fingerprint density at radius 3 is 2.75 bits per heavy atom. The van der Waals surface area contributed by atoms with E-state index < -0.39 is 5.82 Å². The Kier molecular flexibility index (Phi) is 6.51. The Balaban J connectivity index is 2.79. The van der Waals surface area contributed by atoms with Crippen molar-refractivity contribution >= 4 is 5.96 Å². The first-order chi connectivity index (χ1) is 9.60. The molecule has 0 aliphatic heterocycles. The molecule has 0 saturated carbocycles. The maximum atomic E-state index is 13.7. The first-order valence-corrected chi connectivity index (χ1v) is 6.84. The van der Waals surface area contributed by atoms with Gasteiger partial charge < -0.3 is 10.6 Å². The van der Waals surface area contributed by atoms with Gasteiger partial charge in [-0.05, 0) is 32.4 Å². The largest absolute Gasteiger partial charge is 0.357 e. The van der Waals surface area contributed by atoms with E-state index in [2.05, 4.69) is 29.5 Å². The van der Waals surface area contributed by atoms with Crippen LogP contribution in [0, 0.1) is 17.1 Å². The van der Waals surface area contributed by atoms with Crippen LogP contribution in [0.4, 0.5) is 4.39 Å². The number of benzene rings is 1. The third kappa shape index (κ3) is 4.88. The molecule has 1 aromatic carbocycles. The molecule has 108 valence electrons. The standard InChI is InChI=1S/C15H21FN4/c1-4-11(3)20-15(18-5-2)19-10-13-7-6-12(9-17)8-14(13)16/h6-8,11H,4-5,10H2,1-3H3,(H2,18,19,20). The van der Waals surface area contributed by atoms with Gasteiger partial charge in [0.05, 0.1) is 18.2 Å². The number of guanidine groups is 1. The average Bonchev–Trinajstić information content (AvgIpc) is 2.45. The normalized spacial score (nSPS) is 12.7. The summed E-state index contributed by atoms with van der Waals surface area (Å²) >= 11 is 0. The number of rotatable bonds is 5. The van der Waals surface area contributed by atoms with Crippen molar-refractivity contribution in [3.8, 4) is 6.07 Å². The molecular weight excluding hydrogens is 255 g/mol. The highest BCUT2D eigenvalue weighted by atomic mass is 19.1. The van der Waals surface area contributed by atoms with Crippen molar-refractivity contribution < 1.29 is 4.39 Å². The molecule has 20 heavy (non-hydrogen) atoms. The van der Waals surface area contributed by atoms with Crippen LogP contribution in [0.25, 0.3) is 0 Å². The van der Waals surface area contributed by atoms with Gasteiger partial charge in [0.2, 0.25) is 0 Å². The van der Waals surface area contributed by atoms with Gasteiger partial charge in [-0.15, -0.1) is 0 Å². The van der Waals surface area contributed by atoms with Crippen molar-refractivity contribution in [2.24, 2.45) is 4.99 Å². The molecule has 2 N–H and O–H groups in total. The lowest BCUT2D eigenvalue weighted by molar-refractivity contribution is 0.606. The molecular formula is C15H21FN4. The topological polar surface area (TPSA) is 60.2 Å². The minimum atomic E-state index is -0.396. The number of hydrogen-bond donors (Lipinski definition) is 2. The first-order valence-electron chi connectivity index (χ1n) is 6.84. The van der Waals surface area contributed by atoms with Crippen LogP contribution in [0.2, 0.25) is 0 Å². The summed E-state index contributed by atoms with van der Waals surface area (Å²) in [5.41, 5.74) is 0.797. The number of nitriles is 1. The SMILES string of the molecule is CCNC(=NCc1ccc(C#N)cc1F)NC(C)CC. The monoisotopic (exact) mass is 276 g/mol. The van der Waals surface area contributed by atoms with Gasteiger partial charge in [0.1, 0.15) is 5.82 Å². The van der Waals surface area contributed by atoms with Crippen molar-refractivity contribution in [2.75, 3.05) is 6.54 Å². The first kappa shape index (κ1) is 16.0. The number of aliphatic imine (C=N–C) groups is 1. The summed E-state index contributed by atoms with van der Waals surface area (Å²) < 4.78 is 13.7. The fraction of sp³-hybridized carbons (Fsp3) is 0.467. The molecule has 1 rings (SSSR count). The summed E-state index contributed by atoms with van der Waals surface area (Å²) in [5, 5.41) is 15.1. The summed E-state index contributed by atoms with van der Waals surface area (Å²) in [6.45, 7) is 7.12. The molecule has 0 aliphatic carbocycles. The van der Waals surface area contributed by atoms with Gasteiger partial charge >= 0.3 is 0 Å². The molecule has 0 amide bonds. The van der Waals surface area contributed by atoms with Crippen LogP contribution in [0.5, 0.6) is 0 Å². The lowest BCUT2D eigenvalue weighted by Crippen LogP contribution is -2.41. The third-order valence-corrected chi connectivity index (χ3v) is 2.93. The van der Waals surface area contributed by atoms with Crippen LogP contribution < -0.4 is 10.6 Å². The van der Waals surface area contributed by atoms with E-state index in [0.717, 1.165) is 13.0 Å². The fourth-order valence-electron chi connectivity index (χ4n) is 1.56. The van der Waals surface area contributed by atoms with Crippen molar-refractivity contribution in [2.45, 2.75) is 39.8 Å². The number of hydrogen-bond acceptors (Lipinski definition) is 2. The molecule has 0 aliphatic rings. The van der Waals surface area contributed by atoms with Gasteiger partial charge in [0, 0.05) is 18.2 Å². The Bertz CT molecular complexity index is 505. The molecule has 5 heteroatoms. The minimum absolute atomic E-state index is 0.239. The Hall–Kier alpha value is -2.09. The second-order valence-electron chi connectivity index (χ2n) is 4.57. The lowest BCUT2D eigenvalue weighted by Gasteiger charge is -2.16. The Morgan fingerprint density at radius 1 is 1.45 bits per heavy atom. The van der Waals surface area contributed by atoms with Crippen LogP contribution in [-0.4, -0.2) is 18.5 Å². The second-order valence-corrected chi connectivity index (χ2v) is 4.57. The van der Waals surface area contributed by atoms with Crippen LogP contribution >= 0.6 is 0 Å². The van der Waals surface area contributed by atoms with Crippen molar-refractivity contribution in [3.63, 3.8) is 0 Å². The van der Waals surface area contributed by atoms with Gasteiger partial charge in [0.25, 0.3) is 0 Å². The molecule has 4 nitrogen and oxygen atoms in total. The molecule has 0 saturated heterocycles. The molecule has 1 aromatic rings. The summed E-state index contributed by atoms with van der Waals surface area (Å²) in [4.78, 5) is 4.36. The maximum absolute atomic E-state index is 13.7. The van der Waals surface area contributed by atoms with E-state index >= 15 is 0 Å². The quantitative estimate of drug-likeness (QED) is 0.642. The van der Waals surface area contributed by atoms with E-state index in [0.29, 0.717) is 23.1 Å². The summed E-state index contributed by atoms with van der Waals surface area (Å²) in [6, 6.07) is 6.66. The van der Waals surface area contributed by atoms with Crippen LogP contribution in [0.1, 0.15) is 38.3 Å². The van der Waals surface area contributed by atoms with Crippen LogP contribution in [0.3, 0.4) is 0 Å². The van der Waals surface area contributed by atoms with Crippen molar-refractivity contribution in [1.82, 2.24) is 10.6 Å². The highest BCUT2D eigenvalue weighted by Gasteiger charge is 2.05. The van der Waals surface area contributed by atoms with Crippen molar-refractivity contribution in [1.29, 1.82) is 5.26 Å². The van der Waals surface area contributed by atoms with Gasteiger partial charge in [-0.1, -0.05) is 13.0 Å². The highest BCUT2D eigenvalue weighted by molar-refractivity contribution is 5.80. The van der Waals surface area contributed by atoms with E-state index in [1.807, 2.05) is 13.0 Å². The fourth-order valence-corrected chi connectivity index (χ4v) is 1.56. The molecule has 0 aromatic heterocycles. The summed E-state index contributed by atoms with van der Waals surface area (Å²) in [5.74, 6) is 0.276. The minimum Gasteiger partial charge on any atom is -0.357 e. The average molecular weight is 276 g/mol. The van der Waals surface area contributed by atoms with Gasteiger partial charge in [0.15, 0.2) is 5.96 Å². The predicted molar refractivity (Wildman–Crippen MR) is 78.8 cm³/mol. The maximum Gasteiger partial charge on any atom is 0.191 e. The molecule has 1 atom stereocenters. The Labute approximate surface area is 119 Å². The number of halogens is 1. The second kappa shape index (κ2) is 8.16. The number of nitrogens with one attached hydrogen (secondary N) is 2. The lowest BCUT2D eigenvalue weighted by atomic mass is 10.1. The highest BCUT2D eigenvalue weighted by Crippen LogP contribution is 2.11. The van der Waals surface area contributed by atoms with Gasteiger partial charge in [-0.2, -0.15) is 5.26 Å². The molecule has 1 unspecified atom stereocenters. The zero-order valence-electron chi connectivity index (χ0n) is 12.2. The molecule has 0 heterocycles. The van der Waals surface area contributed by atoms with Crippen LogP contribution in [-0.2, 0) is 6.54 Å². The van der Waals surface area contributed by atoms with Gasteiger partial charge in [-0.3, -0.25) is 0 Å². The van der Waals surface area contributed by atoms with E-state index in [1.54, 1.807) is 12.1 Å². The van der Waals surface area contributed by atoms with Crippen LogP contribution in [0.15, 0.2) is 23.2 Å². The number of nitrogens with zero attached hydrogens (tertiary/aromatic N) is 2. The summed E-state index contributed by atoms with van der Waals surface area (Å²) in [6.07, 6.45) is 0.982.